The van der Waals surface area contributed by atoms with Gasteiger partial charge < -0.3 is 0 Å². The fourth-order valence-electron chi connectivity index (χ4n) is 10.00. The van der Waals surface area contributed by atoms with Crippen molar-refractivity contribution in [2.24, 2.45) is 11.8 Å². The molecular weight excluding hydrogens is 557 g/mol. The van der Waals surface area contributed by atoms with E-state index in [9.17, 15) is 0 Å². The van der Waals surface area contributed by atoms with Gasteiger partial charge in [-0.1, -0.05) is 172 Å². The summed E-state index contributed by atoms with van der Waals surface area (Å²) in [7, 11) is -2.02. The van der Waals surface area contributed by atoms with Crippen LogP contribution in [-0.2, 0) is 0 Å². The third-order valence-corrected chi connectivity index (χ3v) is 16.3. The summed E-state index contributed by atoms with van der Waals surface area (Å²) in [5, 5.41) is 0. The van der Waals surface area contributed by atoms with Crippen molar-refractivity contribution in [3.8, 4) is 22.3 Å². The van der Waals surface area contributed by atoms with Gasteiger partial charge in [-0.2, -0.15) is 0 Å². The highest BCUT2D eigenvalue weighted by molar-refractivity contribution is 6.81. The normalized spacial score (nSPS) is 22.1. The molecule has 0 heterocycles. The Hall–Kier alpha value is -3.42. The maximum absolute atomic E-state index is 2.78. The average Bonchev–Trinajstić information content (AvgIpc) is 3.71. The van der Waals surface area contributed by atoms with Crippen LogP contribution in [0.2, 0.25) is 13.1 Å². The smallest absolute Gasteiger partial charge is 0.0679 e. The zero-order chi connectivity index (χ0) is 30.4. The quantitative estimate of drug-likeness (QED) is 0.192. The van der Waals surface area contributed by atoms with E-state index < -0.39 is 8.07 Å². The average molecular weight is 605 g/mol. The molecule has 0 aromatic heterocycles. The van der Waals surface area contributed by atoms with Crippen molar-refractivity contribution >= 4 is 20.2 Å². The highest BCUT2D eigenvalue weighted by Crippen LogP contribution is 2.58. The molecule has 0 aliphatic heterocycles. The zero-order valence-electron chi connectivity index (χ0n) is 27.3. The summed E-state index contributed by atoms with van der Waals surface area (Å²) in [5.41, 5.74) is 16.6. The molecule has 4 aromatic rings. The first-order valence-electron chi connectivity index (χ1n) is 17.9. The SMILES string of the molecule is C[Si](C)(C1C(C2CCCCC2)=Cc2c(-c3ccccc3)cccc21)C1C(C2CCCCC2)=Cc2c(-c3ccccc3)cccc21. The first-order valence-corrected chi connectivity index (χ1v) is 21.1. The second-order valence-corrected chi connectivity index (χ2v) is 19.8. The molecule has 4 aliphatic carbocycles. The molecule has 45 heavy (non-hydrogen) atoms. The Bertz CT molecular complexity index is 1600. The lowest BCUT2D eigenvalue weighted by atomic mass is 9.82. The van der Waals surface area contributed by atoms with Gasteiger partial charge in [-0.25, -0.2) is 0 Å². The Labute approximate surface area is 272 Å². The molecule has 8 rings (SSSR count). The van der Waals surface area contributed by atoms with Crippen molar-refractivity contribution in [1.29, 1.82) is 0 Å². The lowest BCUT2D eigenvalue weighted by molar-refractivity contribution is 0.394. The molecule has 228 valence electrons. The number of hydrogen-bond acceptors (Lipinski definition) is 0. The molecule has 0 bridgehead atoms. The van der Waals surface area contributed by atoms with E-state index in [4.69, 9.17) is 0 Å². The third kappa shape index (κ3) is 5.12. The fraction of sp³-hybridized carbons (Fsp3) is 0.364. The molecule has 4 aliphatic rings. The largest absolute Gasteiger partial charge is 0.0722 e. The van der Waals surface area contributed by atoms with Gasteiger partial charge in [0.1, 0.15) is 0 Å². The molecule has 0 radical (unpaired) electrons. The zero-order valence-corrected chi connectivity index (χ0v) is 28.3. The Morgan fingerprint density at radius 1 is 0.444 bits per heavy atom. The first-order chi connectivity index (χ1) is 22.1. The highest BCUT2D eigenvalue weighted by atomic mass is 28.3. The summed E-state index contributed by atoms with van der Waals surface area (Å²) in [4.78, 5) is 0. The number of rotatable bonds is 6. The number of allylic oxidation sites excluding steroid dienone is 2. The molecule has 1 heteroatoms. The van der Waals surface area contributed by atoms with Crippen LogP contribution in [0.25, 0.3) is 34.4 Å². The van der Waals surface area contributed by atoms with Gasteiger partial charge in [-0.3, -0.25) is 0 Å². The van der Waals surface area contributed by atoms with Gasteiger partial charge in [0, 0.05) is 11.1 Å². The monoisotopic (exact) mass is 604 g/mol. The van der Waals surface area contributed by atoms with Crippen LogP contribution in [0.4, 0.5) is 0 Å². The van der Waals surface area contributed by atoms with Gasteiger partial charge in [0.25, 0.3) is 0 Å². The Morgan fingerprint density at radius 2 is 0.844 bits per heavy atom. The van der Waals surface area contributed by atoms with E-state index in [1.807, 2.05) is 0 Å². The van der Waals surface area contributed by atoms with E-state index in [1.54, 1.807) is 22.3 Å². The standard InChI is InChI=1S/C44H48Si/c1-45(2,43-37-27-15-25-35(31-17-7-3-8-18-31)41(37)29-39(43)33-21-11-5-12-22-33)44-38-28-16-26-36(32-19-9-4-10-20-32)42(38)30-40(44)34-23-13-6-14-24-34/h3-4,7-10,15-20,25-30,33-34,43-44H,5-6,11-14,21-24H2,1-2H3. The highest BCUT2D eigenvalue weighted by Gasteiger charge is 2.51. The van der Waals surface area contributed by atoms with Crippen LogP contribution in [0.15, 0.2) is 108 Å². The predicted molar refractivity (Wildman–Crippen MR) is 196 cm³/mol. The number of benzene rings is 4. The van der Waals surface area contributed by atoms with Gasteiger partial charge in [-0.15, -0.1) is 0 Å². The van der Waals surface area contributed by atoms with Crippen LogP contribution in [-0.4, -0.2) is 8.07 Å². The van der Waals surface area contributed by atoms with E-state index >= 15 is 0 Å². The van der Waals surface area contributed by atoms with Gasteiger partial charge in [0.15, 0.2) is 0 Å². The second-order valence-electron chi connectivity index (χ2n) is 15.0. The summed E-state index contributed by atoms with van der Waals surface area (Å²) in [5.74, 6) is 1.45. The maximum atomic E-state index is 2.78. The Kier molecular flexibility index (Phi) is 7.78. The van der Waals surface area contributed by atoms with E-state index in [1.165, 1.54) is 97.6 Å². The molecule has 2 fully saturated rings. The second kappa shape index (κ2) is 12.1. The molecule has 0 amide bonds. The lowest BCUT2D eigenvalue weighted by Crippen LogP contribution is -2.44. The summed E-state index contributed by atoms with van der Waals surface area (Å²) in [6.07, 6.45) is 19.3. The molecule has 2 atom stereocenters. The summed E-state index contributed by atoms with van der Waals surface area (Å²) in [6, 6.07) is 36.9. The first kappa shape index (κ1) is 29.0. The molecular formula is C44H48Si. The van der Waals surface area contributed by atoms with Crippen LogP contribution >= 0.6 is 0 Å². The van der Waals surface area contributed by atoms with Crippen molar-refractivity contribution in [1.82, 2.24) is 0 Å². The molecule has 0 N–H and O–H groups in total. The van der Waals surface area contributed by atoms with E-state index in [0.717, 1.165) is 11.8 Å². The Balaban J connectivity index is 1.30. The van der Waals surface area contributed by atoms with Gasteiger partial charge in [0.05, 0.1) is 8.07 Å². The minimum absolute atomic E-state index is 0.558. The van der Waals surface area contributed by atoms with E-state index in [2.05, 4.69) is 122 Å². The van der Waals surface area contributed by atoms with Crippen molar-refractivity contribution in [2.75, 3.05) is 0 Å². The summed E-state index contributed by atoms with van der Waals surface area (Å²) in [6.45, 7) is 5.56. The van der Waals surface area contributed by atoms with Gasteiger partial charge in [-0.05, 0) is 82.0 Å². The van der Waals surface area contributed by atoms with E-state index in [-0.39, 0.29) is 0 Å². The third-order valence-electron chi connectivity index (χ3n) is 12.0. The topological polar surface area (TPSA) is 0 Å². The van der Waals surface area contributed by atoms with E-state index in [0.29, 0.717) is 11.1 Å². The lowest BCUT2D eigenvalue weighted by Gasteiger charge is -2.44. The number of hydrogen-bond donors (Lipinski definition) is 0. The molecule has 2 saturated carbocycles. The Morgan fingerprint density at radius 3 is 1.24 bits per heavy atom. The van der Waals surface area contributed by atoms with Crippen molar-refractivity contribution in [3.05, 3.63) is 130 Å². The van der Waals surface area contributed by atoms with Crippen LogP contribution < -0.4 is 0 Å². The van der Waals surface area contributed by atoms with Crippen LogP contribution in [0.3, 0.4) is 0 Å². The van der Waals surface area contributed by atoms with Crippen molar-refractivity contribution in [2.45, 2.75) is 88.4 Å². The molecule has 2 unspecified atom stereocenters. The van der Waals surface area contributed by atoms with Gasteiger partial charge >= 0.3 is 0 Å². The number of fused-ring (bicyclic) bond motifs is 2. The molecule has 0 saturated heterocycles. The summed E-state index contributed by atoms with van der Waals surface area (Å²) < 4.78 is 0. The van der Waals surface area contributed by atoms with Crippen molar-refractivity contribution < 1.29 is 0 Å². The molecule has 4 aromatic carbocycles. The van der Waals surface area contributed by atoms with Gasteiger partial charge in [0.2, 0.25) is 0 Å². The minimum atomic E-state index is -2.02. The van der Waals surface area contributed by atoms with Crippen LogP contribution in [0.5, 0.6) is 0 Å². The fourth-order valence-corrected chi connectivity index (χ4v) is 14.8. The van der Waals surface area contributed by atoms with Crippen LogP contribution in [0, 0.1) is 11.8 Å². The van der Waals surface area contributed by atoms with Crippen molar-refractivity contribution in [3.63, 3.8) is 0 Å². The maximum Gasteiger partial charge on any atom is 0.0722 e. The predicted octanol–water partition coefficient (Wildman–Crippen LogP) is 12.6. The molecule has 0 spiro atoms. The summed E-state index contributed by atoms with van der Waals surface area (Å²) >= 11 is 0. The molecule has 0 nitrogen and oxygen atoms in total. The minimum Gasteiger partial charge on any atom is -0.0679 e. The van der Waals surface area contributed by atoms with Crippen LogP contribution in [0.1, 0.15) is 97.5 Å².